The van der Waals surface area contributed by atoms with E-state index in [4.69, 9.17) is 4.74 Å². The van der Waals surface area contributed by atoms with Gasteiger partial charge in [-0.25, -0.2) is 0 Å². The third kappa shape index (κ3) is 2.76. The van der Waals surface area contributed by atoms with E-state index in [1.165, 1.54) is 7.11 Å². The van der Waals surface area contributed by atoms with E-state index in [1.807, 2.05) is 25.1 Å². The van der Waals surface area contributed by atoms with Crippen molar-refractivity contribution in [1.29, 1.82) is 0 Å². The number of hydrogen-bond donors (Lipinski definition) is 0. The summed E-state index contributed by atoms with van der Waals surface area (Å²) in [6.45, 7) is 1.96. The lowest BCUT2D eigenvalue weighted by Crippen LogP contribution is -2.04. The number of rotatable bonds is 3. The molecule has 0 fully saturated rings. The van der Waals surface area contributed by atoms with Gasteiger partial charge in [-0.2, -0.15) is 0 Å². The highest BCUT2D eigenvalue weighted by Gasteiger charge is 2.04. The summed E-state index contributed by atoms with van der Waals surface area (Å²) >= 11 is 0. The summed E-state index contributed by atoms with van der Waals surface area (Å²) in [5, 5.41) is 0. The van der Waals surface area contributed by atoms with Gasteiger partial charge >= 0.3 is 5.97 Å². The van der Waals surface area contributed by atoms with E-state index in [0.29, 0.717) is 0 Å². The molecule has 0 aromatic heterocycles. The van der Waals surface area contributed by atoms with Crippen LogP contribution >= 0.6 is 0 Å². The van der Waals surface area contributed by atoms with Crippen LogP contribution in [-0.4, -0.2) is 20.2 Å². The second-order valence-corrected chi connectivity index (χ2v) is 3.11. The summed E-state index contributed by atoms with van der Waals surface area (Å²) in [6, 6.07) is 5.70. The van der Waals surface area contributed by atoms with Crippen LogP contribution in [-0.2, 0) is 16.0 Å². The Labute approximate surface area is 83.6 Å². The van der Waals surface area contributed by atoms with E-state index in [1.54, 1.807) is 7.11 Å². The standard InChI is InChI=1S/C11H14O3/c1-8-4-9(7-11(12)14-3)6-10(5-8)13-2/h4-6H,7H2,1-3H3. The van der Waals surface area contributed by atoms with Crippen molar-refractivity contribution in [2.75, 3.05) is 14.2 Å². The highest BCUT2D eigenvalue weighted by atomic mass is 16.5. The zero-order chi connectivity index (χ0) is 10.6. The Morgan fingerprint density at radius 2 is 2.00 bits per heavy atom. The number of carbonyl (C=O) groups excluding carboxylic acids is 1. The minimum absolute atomic E-state index is 0.238. The summed E-state index contributed by atoms with van der Waals surface area (Å²) in [6.07, 6.45) is 0.286. The van der Waals surface area contributed by atoms with Gasteiger partial charge in [0.25, 0.3) is 0 Å². The van der Waals surface area contributed by atoms with Crippen LogP contribution in [0.15, 0.2) is 18.2 Å². The number of carbonyl (C=O) groups is 1. The van der Waals surface area contributed by atoms with Gasteiger partial charge in [0.05, 0.1) is 20.6 Å². The normalized spacial score (nSPS) is 9.64. The predicted molar refractivity (Wildman–Crippen MR) is 53.5 cm³/mol. The molecule has 1 rings (SSSR count). The van der Waals surface area contributed by atoms with Crippen molar-refractivity contribution in [2.24, 2.45) is 0 Å². The number of esters is 1. The number of benzene rings is 1. The molecule has 0 atom stereocenters. The molecular formula is C11H14O3. The fraction of sp³-hybridized carbons (Fsp3) is 0.364. The molecule has 0 aliphatic heterocycles. The first-order valence-corrected chi connectivity index (χ1v) is 4.37. The van der Waals surface area contributed by atoms with Crippen LogP contribution in [0.5, 0.6) is 5.75 Å². The molecule has 0 aliphatic carbocycles. The van der Waals surface area contributed by atoms with Crippen molar-refractivity contribution in [3.8, 4) is 5.75 Å². The molecule has 0 amide bonds. The molecule has 0 spiro atoms. The first-order valence-electron chi connectivity index (χ1n) is 4.37. The van der Waals surface area contributed by atoms with Gasteiger partial charge in [-0.1, -0.05) is 6.07 Å². The van der Waals surface area contributed by atoms with Crippen LogP contribution in [0, 0.1) is 6.92 Å². The number of ether oxygens (including phenoxy) is 2. The van der Waals surface area contributed by atoms with Crippen LogP contribution in [0.25, 0.3) is 0 Å². The van der Waals surface area contributed by atoms with E-state index < -0.39 is 0 Å². The van der Waals surface area contributed by atoms with E-state index in [2.05, 4.69) is 4.74 Å². The number of aryl methyl sites for hydroxylation is 1. The van der Waals surface area contributed by atoms with Crippen LogP contribution < -0.4 is 4.74 Å². The Bertz CT molecular complexity index is 331. The smallest absolute Gasteiger partial charge is 0.309 e. The SMILES string of the molecule is COC(=O)Cc1cc(C)cc(OC)c1. The fourth-order valence-corrected chi connectivity index (χ4v) is 1.28. The molecule has 0 heterocycles. The molecule has 3 heteroatoms. The Balaban J connectivity index is 2.86. The second-order valence-electron chi connectivity index (χ2n) is 3.11. The van der Waals surface area contributed by atoms with E-state index in [9.17, 15) is 4.79 Å². The van der Waals surface area contributed by atoms with Gasteiger partial charge in [0.2, 0.25) is 0 Å². The molecule has 0 saturated heterocycles. The maximum atomic E-state index is 11.0. The number of hydrogen-bond acceptors (Lipinski definition) is 3. The first kappa shape index (κ1) is 10.6. The Kier molecular flexibility index (Phi) is 3.51. The summed E-state index contributed by atoms with van der Waals surface area (Å²) in [5.41, 5.74) is 1.98. The maximum absolute atomic E-state index is 11.0. The molecule has 76 valence electrons. The molecule has 0 unspecified atom stereocenters. The highest BCUT2D eigenvalue weighted by molar-refractivity contribution is 5.72. The van der Waals surface area contributed by atoms with Crippen LogP contribution in [0.1, 0.15) is 11.1 Å². The second kappa shape index (κ2) is 4.65. The van der Waals surface area contributed by atoms with Crippen molar-refractivity contribution in [2.45, 2.75) is 13.3 Å². The van der Waals surface area contributed by atoms with Crippen LogP contribution in [0.2, 0.25) is 0 Å². The zero-order valence-electron chi connectivity index (χ0n) is 8.66. The molecule has 3 nitrogen and oxygen atoms in total. The molecule has 1 aromatic rings. The van der Waals surface area contributed by atoms with Gasteiger partial charge in [-0.3, -0.25) is 4.79 Å². The quantitative estimate of drug-likeness (QED) is 0.687. The van der Waals surface area contributed by atoms with Crippen molar-refractivity contribution < 1.29 is 14.3 Å². The Morgan fingerprint density at radius 1 is 1.29 bits per heavy atom. The van der Waals surface area contributed by atoms with Crippen molar-refractivity contribution in [3.63, 3.8) is 0 Å². The Morgan fingerprint density at radius 3 is 2.57 bits per heavy atom. The van der Waals surface area contributed by atoms with Gasteiger partial charge in [-0.05, 0) is 30.2 Å². The third-order valence-electron chi connectivity index (χ3n) is 1.92. The predicted octanol–water partition coefficient (Wildman–Crippen LogP) is 1.72. The van der Waals surface area contributed by atoms with Crippen molar-refractivity contribution in [1.82, 2.24) is 0 Å². The van der Waals surface area contributed by atoms with E-state index in [-0.39, 0.29) is 12.4 Å². The topological polar surface area (TPSA) is 35.5 Å². The summed E-state index contributed by atoms with van der Waals surface area (Å²) in [5.74, 6) is 0.529. The first-order chi connectivity index (χ1) is 6.65. The molecule has 0 N–H and O–H groups in total. The summed E-state index contributed by atoms with van der Waals surface area (Å²) < 4.78 is 9.69. The maximum Gasteiger partial charge on any atom is 0.309 e. The van der Waals surface area contributed by atoms with E-state index in [0.717, 1.165) is 16.9 Å². The third-order valence-corrected chi connectivity index (χ3v) is 1.92. The Hall–Kier alpha value is -1.51. The fourth-order valence-electron chi connectivity index (χ4n) is 1.28. The van der Waals surface area contributed by atoms with Crippen LogP contribution in [0.3, 0.4) is 0 Å². The van der Waals surface area contributed by atoms with Crippen LogP contribution in [0.4, 0.5) is 0 Å². The van der Waals surface area contributed by atoms with Gasteiger partial charge in [-0.15, -0.1) is 0 Å². The average molecular weight is 194 g/mol. The molecular weight excluding hydrogens is 180 g/mol. The molecule has 0 aliphatic rings. The van der Waals surface area contributed by atoms with Crippen molar-refractivity contribution in [3.05, 3.63) is 29.3 Å². The molecule has 1 aromatic carbocycles. The summed E-state index contributed by atoms with van der Waals surface area (Å²) in [7, 11) is 2.99. The minimum Gasteiger partial charge on any atom is -0.497 e. The highest BCUT2D eigenvalue weighted by Crippen LogP contribution is 2.16. The monoisotopic (exact) mass is 194 g/mol. The lowest BCUT2D eigenvalue weighted by Gasteiger charge is -2.05. The lowest BCUT2D eigenvalue weighted by molar-refractivity contribution is -0.139. The number of methoxy groups -OCH3 is 2. The van der Waals surface area contributed by atoms with E-state index >= 15 is 0 Å². The molecule has 0 bridgehead atoms. The largest absolute Gasteiger partial charge is 0.497 e. The van der Waals surface area contributed by atoms with Gasteiger partial charge < -0.3 is 9.47 Å². The van der Waals surface area contributed by atoms with Crippen molar-refractivity contribution >= 4 is 5.97 Å². The molecule has 14 heavy (non-hydrogen) atoms. The average Bonchev–Trinajstić information content (AvgIpc) is 2.16. The molecule has 0 radical (unpaired) electrons. The summed E-state index contributed by atoms with van der Waals surface area (Å²) in [4.78, 5) is 11.0. The zero-order valence-corrected chi connectivity index (χ0v) is 8.66. The minimum atomic E-state index is -0.238. The van der Waals surface area contributed by atoms with Gasteiger partial charge in [0.15, 0.2) is 0 Å². The molecule has 0 saturated carbocycles. The van der Waals surface area contributed by atoms with Gasteiger partial charge in [0, 0.05) is 0 Å². The lowest BCUT2D eigenvalue weighted by atomic mass is 10.1. The van der Waals surface area contributed by atoms with Gasteiger partial charge in [0.1, 0.15) is 5.75 Å².